The molecule has 0 saturated heterocycles. The number of hydrogen-bond donors (Lipinski definition) is 0. The zero-order chi connectivity index (χ0) is 47.3. The molecule has 340 valence electrons. The molecule has 0 amide bonds. The summed E-state index contributed by atoms with van der Waals surface area (Å²) in [4.78, 5) is 35.2. The predicted octanol–water partition coefficient (Wildman–Crippen LogP) is 7.04. The van der Waals surface area contributed by atoms with Gasteiger partial charge in [-0.05, 0) is 118 Å². The summed E-state index contributed by atoms with van der Waals surface area (Å²) in [5, 5.41) is 21.4. The van der Waals surface area contributed by atoms with Gasteiger partial charge in [0.25, 0.3) is 0 Å². The topological polar surface area (TPSA) is 134 Å². The van der Waals surface area contributed by atoms with Gasteiger partial charge in [-0.15, -0.1) is 0 Å². The molecule has 0 radical (unpaired) electrons. The molecule has 0 aliphatic rings. The van der Waals surface area contributed by atoms with Crippen molar-refractivity contribution in [1.29, 1.82) is 0 Å². The first-order valence-corrected chi connectivity index (χ1v) is 21.9. The summed E-state index contributed by atoms with van der Waals surface area (Å²) < 4.78 is 18.5. The second kappa shape index (κ2) is 25.4. The Morgan fingerprint density at radius 2 is 0.909 bits per heavy atom. The molecule has 2 aromatic heterocycles. The number of rotatable bonds is 16. The van der Waals surface area contributed by atoms with Crippen LogP contribution in [0.1, 0.15) is 86.6 Å². The van der Waals surface area contributed by atoms with Crippen molar-refractivity contribution in [2.24, 2.45) is 0 Å². The fraction of sp³-hybridized carbons (Fsp3) is 0.222. The van der Waals surface area contributed by atoms with E-state index in [2.05, 4.69) is 36.4 Å². The Balaban J connectivity index is 0.000000188. The van der Waals surface area contributed by atoms with Crippen LogP contribution in [0.3, 0.4) is 0 Å². The van der Waals surface area contributed by atoms with Crippen LogP contribution in [0.4, 0.5) is 0 Å². The van der Waals surface area contributed by atoms with E-state index in [1.54, 1.807) is 48.8 Å². The van der Waals surface area contributed by atoms with E-state index in [0.29, 0.717) is 42.5 Å². The van der Waals surface area contributed by atoms with E-state index in [1.807, 2.05) is 133 Å². The molecule has 0 aliphatic heterocycles. The maximum atomic E-state index is 12.3. The zero-order valence-corrected chi connectivity index (χ0v) is 38.4. The Bertz CT molecular complexity index is 2390. The molecule has 7 rings (SSSR count). The van der Waals surface area contributed by atoms with Crippen molar-refractivity contribution < 1.29 is 52.9 Å². The molecule has 0 bridgehead atoms. The molecule has 5 aromatic carbocycles. The Kier molecular flexibility index (Phi) is 19.2. The number of hydrogen-bond acceptors (Lipinski definition) is 9. The van der Waals surface area contributed by atoms with Crippen LogP contribution in [0.5, 0.6) is 11.5 Å². The lowest BCUT2D eigenvalue weighted by atomic mass is 9.67. The maximum absolute atomic E-state index is 12.3. The normalized spacial score (nSPS) is 10.6. The number of carbonyl (C=O) groups is 2. The molecule has 0 N–H and O–H groups in total. The highest BCUT2D eigenvalue weighted by Gasteiger charge is 2.35. The summed E-state index contributed by atoms with van der Waals surface area (Å²) in [6.45, 7) is 12.6. The van der Waals surface area contributed by atoms with Crippen LogP contribution in [-0.2, 0) is 10.1 Å². The van der Waals surface area contributed by atoms with Gasteiger partial charge in [-0.2, -0.15) is 0 Å². The number of carbonyl (C=O) groups excluding carboxylic acids is 2. The predicted molar refractivity (Wildman–Crippen MR) is 249 cm³/mol. The first-order valence-electron chi connectivity index (χ1n) is 21.9. The van der Waals surface area contributed by atoms with Gasteiger partial charge >= 0.3 is 23.3 Å². The number of aryl methyl sites for hydroxylation is 4. The second-order valence-corrected chi connectivity index (χ2v) is 15.2. The zero-order valence-electron chi connectivity index (χ0n) is 38.4. The summed E-state index contributed by atoms with van der Waals surface area (Å²) in [6, 6.07) is 53.0. The molecule has 0 saturated carbocycles. The molecule has 7 aromatic rings. The monoisotopic (exact) mass is 888 g/mol. The van der Waals surface area contributed by atoms with Gasteiger partial charge in [-0.1, -0.05) is 115 Å². The third kappa shape index (κ3) is 13.9. The van der Waals surface area contributed by atoms with Crippen LogP contribution in [0, 0.1) is 27.7 Å². The van der Waals surface area contributed by atoms with E-state index in [4.69, 9.17) is 23.8 Å². The summed E-state index contributed by atoms with van der Waals surface area (Å²) in [6.07, 6.45) is 4.71. The fourth-order valence-corrected chi connectivity index (χ4v) is 7.23. The first-order chi connectivity index (χ1) is 32.0. The molecule has 12 heteroatoms. The van der Waals surface area contributed by atoms with E-state index in [-0.39, 0.29) is 12.0 Å². The maximum Gasteiger partial charge on any atom is 0.414 e. The summed E-state index contributed by atoms with van der Waals surface area (Å²) in [5.41, 5.74) is 7.81. The lowest BCUT2D eigenvalue weighted by Gasteiger charge is -2.37. The lowest BCUT2D eigenvalue weighted by Crippen LogP contribution is -2.48. The van der Waals surface area contributed by atoms with E-state index >= 15 is 0 Å². The first kappa shape index (κ1) is 49.9. The van der Waals surface area contributed by atoms with E-state index in [0.717, 1.165) is 28.7 Å². The Morgan fingerprint density at radius 1 is 0.530 bits per heavy atom. The standard InChI is InChI=1S/C22H21BO3.2C16H18NO3/c24-23(25)26-18-10-17-22(19-11-4-1-5-12-19,20-13-6-2-7-14-20)21-15-8-3-9-16-21;2*1-4-19-17-10-6-5-7-14(17)16(18)20-15-11-12(2)8-9-13(15)3/h1-9,11-16H,10,17-18H2;2*5-11H,4H2,1-3H3/q-2;2*+1. The summed E-state index contributed by atoms with van der Waals surface area (Å²) in [7, 11) is -2.23. The van der Waals surface area contributed by atoms with Gasteiger partial charge in [-0.25, -0.2) is 9.59 Å². The van der Waals surface area contributed by atoms with Gasteiger partial charge in [0.2, 0.25) is 12.4 Å². The van der Waals surface area contributed by atoms with Crippen LogP contribution in [0.2, 0.25) is 0 Å². The summed E-state index contributed by atoms with van der Waals surface area (Å²) >= 11 is 0. The minimum atomic E-state index is -2.23. The van der Waals surface area contributed by atoms with Crippen molar-refractivity contribution in [2.75, 3.05) is 19.8 Å². The van der Waals surface area contributed by atoms with Crippen LogP contribution < -0.4 is 38.7 Å². The smallest absolute Gasteiger partial charge is 0.414 e. The average molecular weight is 889 g/mol. The minimum Gasteiger partial charge on any atom is -0.871 e. The quantitative estimate of drug-likeness (QED) is 0.0250. The Morgan fingerprint density at radius 3 is 1.27 bits per heavy atom. The molecule has 0 aliphatic carbocycles. The number of benzene rings is 5. The van der Waals surface area contributed by atoms with Crippen molar-refractivity contribution in [2.45, 2.75) is 59.8 Å². The Labute approximate surface area is 388 Å². The van der Waals surface area contributed by atoms with Crippen LogP contribution >= 0.6 is 0 Å². The average Bonchev–Trinajstić information content (AvgIpc) is 3.33. The van der Waals surface area contributed by atoms with Crippen LogP contribution in [-0.4, -0.2) is 39.1 Å². The molecule has 2 heterocycles. The highest BCUT2D eigenvalue weighted by Crippen LogP contribution is 2.43. The minimum absolute atomic E-state index is 0.159. The molecule has 0 unspecified atom stereocenters. The van der Waals surface area contributed by atoms with Gasteiger partial charge in [0.1, 0.15) is 11.5 Å². The third-order valence-electron chi connectivity index (χ3n) is 10.4. The van der Waals surface area contributed by atoms with E-state index in [9.17, 15) is 19.6 Å². The molecular formula is C54H57BN2O9. The SMILES string of the molecule is CCO[n+]1ccccc1C(=O)Oc1cc(C)ccc1C.CCO[n+]1ccccc1C(=O)Oc1cc(C)ccc1C.[O-]B([O-])OCCCC(c1ccccc1)(c1ccccc1)c1ccccc1. The van der Waals surface area contributed by atoms with Gasteiger partial charge in [0.15, 0.2) is 13.2 Å². The van der Waals surface area contributed by atoms with E-state index in [1.165, 1.54) is 26.2 Å². The van der Waals surface area contributed by atoms with Crippen molar-refractivity contribution in [3.63, 3.8) is 0 Å². The van der Waals surface area contributed by atoms with Crippen molar-refractivity contribution in [1.82, 2.24) is 0 Å². The van der Waals surface area contributed by atoms with E-state index < -0.39 is 19.3 Å². The second-order valence-electron chi connectivity index (χ2n) is 15.2. The van der Waals surface area contributed by atoms with Crippen LogP contribution in [0.25, 0.3) is 0 Å². The largest absolute Gasteiger partial charge is 0.871 e. The van der Waals surface area contributed by atoms with Crippen LogP contribution in [0.15, 0.2) is 176 Å². The molecule has 66 heavy (non-hydrogen) atoms. The number of esters is 2. The van der Waals surface area contributed by atoms with Crippen molar-refractivity contribution in [3.05, 3.63) is 227 Å². The molecular weight excluding hydrogens is 831 g/mol. The van der Waals surface area contributed by atoms with Gasteiger partial charge in [0.05, 0.1) is 7.32 Å². The number of pyridine rings is 2. The van der Waals surface area contributed by atoms with Gasteiger partial charge < -0.3 is 24.2 Å². The fourth-order valence-electron chi connectivity index (χ4n) is 7.23. The molecule has 0 atom stereocenters. The highest BCUT2D eigenvalue weighted by molar-refractivity contribution is 6.28. The van der Waals surface area contributed by atoms with Gasteiger partial charge in [0, 0.05) is 45.7 Å². The third-order valence-corrected chi connectivity index (χ3v) is 10.4. The number of ether oxygens (including phenoxy) is 2. The molecule has 0 spiro atoms. The molecule has 11 nitrogen and oxygen atoms in total. The number of nitrogens with zero attached hydrogens (tertiary/aromatic N) is 2. The Hall–Kier alpha value is -7.12. The summed E-state index contributed by atoms with van der Waals surface area (Å²) in [5.74, 6) is 0.268. The highest BCUT2D eigenvalue weighted by atomic mass is 16.7. The lowest BCUT2D eigenvalue weighted by molar-refractivity contribution is -0.892. The number of aromatic nitrogens is 2. The molecule has 0 fully saturated rings. The van der Waals surface area contributed by atoms with Crippen molar-refractivity contribution in [3.8, 4) is 11.5 Å². The van der Waals surface area contributed by atoms with Gasteiger partial charge in [-0.3, -0.25) is 9.68 Å². The van der Waals surface area contributed by atoms with Crippen molar-refractivity contribution >= 4 is 19.3 Å².